The predicted molar refractivity (Wildman–Crippen MR) is 146 cm³/mol. The van der Waals surface area contributed by atoms with E-state index >= 15 is 0 Å². The molecule has 1 saturated carbocycles. The summed E-state index contributed by atoms with van der Waals surface area (Å²) in [6.45, 7) is 0.380. The van der Waals surface area contributed by atoms with Gasteiger partial charge in [-0.1, -0.05) is 30.3 Å². The molecule has 4 heterocycles. The fourth-order valence-corrected chi connectivity index (χ4v) is 5.86. The number of fused-ring (bicyclic) bond motifs is 1. The summed E-state index contributed by atoms with van der Waals surface area (Å²) in [6, 6.07) is 16.8. The van der Waals surface area contributed by atoms with Gasteiger partial charge in [-0.3, -0.25) is 14.4 Å². The first-order chi connectivity index (χ1) is 19.6. The lowest BCUT2D eigenvalue weighted by Crippen LogP contribution is -2.35. The Balaban J connectivity index is 1.11. The molecule has 0 spiro atoms. The zero-order valence-electron chi connectivity index (χ0n) is 22.1. The van der Waals surface area contributed by atoms with Crippen molar-refractivity contribution >= 4 is 29.6 Å². The van der Waals surface area contributed by atoms with Crippen LogP contribution in [0.5, 0.6) is 0 Å². The molecular weight excluding hydrogens is 510 g/mol. The lowest BCUT2D eigenvalue weighted by atomic mass is 9.79. The largest absolute Gasteiger partial charge is 0.467 e. The second-order valence-electron chi connectivity index (χ2n) is 10.5. The van der Waals surface area contributed by atoms with Crippen LogP contribution in [0.3, 0.4) is 0 Å². The van der Waals surface area contributed by atoms with E-state index in [4.69, 9.17) is 18.7 Å². The van der Waals surface area contributed by atoms with Crippen LogP contribution in [-0.4, -0.2) is 53.1 Å². The number of benzene rings is 1. The number of likely N-dealkylation sites (tertiary alicyclic amines) is 1. The van der Waals surface area contributed by atoms with Crippen LogP contribution in [0.25, 0.3) is 6.08 Å². The van der Waals surface area contributed by atoms with E-state index in [-0.39, 0.29) is 18.2 Å². The zero-order valence-corrected chi connectivity index (χ0v) is 22.1. The number of allylic oxidation sites excluding steroid dienone is 1. The molecule has 3 aliphatic rings. The monoisotopic (exact) mass is 541 g/mol. The molecule has 0 radical (unpaired) electrons. The summed E-state index contributed by atoms with van der Waals surface area (Å²) in [7, 11) is 0. The minimum atomic E-state index is -0.591. The number of hydrogen-bond donors (Lipinski definition) is 0. The Morgan fingerprint density at radius 1 is 1.05 bits per heavy atom. The van der Waals surface area contributed by atoms with Gasteiger partial charge in [-0.05, 0) is 67.2 Å². The van der Waals surface area contributed by atoms with Gasteiger partial charge < -0.3 is 18.5 Å². The summed E-state index contributed by atoms with van der Waals surface area (Å²) >= 11 is 0. The van der Waals surface area contributed by atoms with Crippen LogP contribution < -0.4 is 0 Å². The van der Waals surface area contributed by atoms with Gasteiger partial charge in [0.1, 0.15) is 17.6 Å². The van der Waals surface area contributed by atoms with Gasteiger partial charge in [0.2, 0.25) is 5.91 Å². The molecule has 1 saturated heterocycles. The number of carbonyl (C=O) groups is 3. The average Bonchev–Trinajstić information content (AvgIpc) is 3.78. The number of carbonyl (C=O) groups excluding carboxylic acids is 3. The number of ether oxygens (including phenoxy) is 1. The van der Waals surface area contributed by atoms with Crippen LogP contribution in [0.2, 0.25) is 0 Å². The summed E-state index contributed by atoms with van der Waals surface area (Å²) in [4.78, 5) is 40.5. The Hall–Kier alpha value is -4.40. The van der Waals surface area contributed by atoms with E-state index in [9.17, 15) is 14.4 Å². The van der Waals surface area contributed by atoms with E-state index in [2.05, 4.69) is 0 Å². The van der Waals surface area contributed by atoms with Gasteiger partial charge in [0.15, 0.2) is 6.61 Å². The van der Waals surface area contributed by atoms with Crippen molar-refractivity contribution in [2.75, 3.05) is 19.7 Å². The molecule has 206 valence electrons. The molecular formula is C31H31N3O6. The highest BCUT2D eigenvalue weighted by atomic mass is 16.5. The summed E-state index contributed by atoms with van der Waals surface area (Å²) < 4.78 is 16.7. The summed E-state index contributed by atoms with van der Waals surface area (Å²) in [5.74, 6) is -0.305. The molecule has 9 heteroatoms. The fraction of sp³-hybridized carbons (Fsp3) is 0.355. The molecule has 3 aromatic rings. The molecule has 2 aliphatic heterocycles. The number of furan rings is 2. The minimum absolute atomic E-state index is 0.0357. The standard InChI is InChI=1S/C31H31N3O6/c35-27-18-23(19-33(27)14-13-21-7-2-1-3-8-21)31(37)40-20-28(36)34-30(26-12-6-16-39-26)25-11-4-9-22(29(25)32-34)17-24-10-5-15-38-24/h1-3,5-8,10,12,15-17,23,25,30H,4,9,11,13-14,18-20H2/b22-17+/t23-,25+,30-/m0/s1. The van der Waals surface area contributed by atoms with Crippen molar-refractivity contribution < 1.29 is 28.0 Å². The summed E-state index contributed by atoms with van der Waals surface area (Å²) in [5, 5.41) is 6.14. The molecule has 2 fully saturated rings. The number of amides is 2. The maximum atomic E-state index is 13.4. The van der Waals surface area contributed by atoms with Gasteiger partial charge in [0.25, 0.3) is 5.91 Å². The topological polar surface area (TPSA) is 106 Å². The van der Waals surface area contributed by atoms with Gasteiger partial charge in [-0.25, -0.2) is 5.01 Å². The Labute approximate surface area is 232 Å². The van der Waals surface area contributed by atoms with E-state index in [1.54, 1.807) is 23.5 Å². The molecule has 1 aliphatic carbocycles. The third kappa shape index (κ3) is 5.36. The third-order valence-electron chi connectivity index (χ3n) is 7.85. The predicted octanol–water partition coefficient (Wildman–Crippen LogP) is 4.63. The van der Waals surface area contributed by atoms with Crippen molar-refractivity contribution in [2.45, 2.75) is 38.1 Å². The number of rotatable bonds is 8. The summed E-state index contributed by atoms with van der Waals surface area (Å²) in [6.07, 6.45) is 8.61. The number of esters is 1. The lowest BCUT2D eigenvalue weighted by molar-refractivity contribution is -0.156. The van der Waals surface area contributed by atoms with E-state index < -0.39 is 30.4 Å². The van der Waals surface area contributed by atoms with Gasteiger partial charge in [0, 0.05) is 25.4 Å². The van der Waals surface area contributed by atoms with Crippen molar-refractivity contribution in [2.24, 2.45) is 16.9 Å². The second kappa shape index (κ2) is 11.4. The molecule has 40 heavy (non-hydrogen) atoms. The Morgan fingerprint density at radius 2 is 1.88 bits per heavy atom. The van der Waals surface area contributed by atoms with E-state index in [1.165, 1.54) is 5.01 Å². The highest BCUT2D eigenvalue weighted by Crippen LogP contribution is 2.44. The number of nitrogens with zero attached hydrogens (tertiary/aromatic N) is 3. The highest BCUT2D eigenvalue weighted by molar-refractivity contribution is 6.08. The molecule has 6 rings (SSSR count). The molecule has 1 aromatic carbocycles. The van der Waals surface area contributed by atoms with Gasteiger partial charge >= 0.3 is 5.97 Å². The maximum absolute atomic E-state index is 13.4. The molecule has 0 N–H and O–H groups in total. The molecule has 0 unspecified atom stereocenters. The maximum Gasteiger partial charge on any atom is 0.311 e. The third-order valence-corrected chi connectivity index (χ3v) is 7.85. The number of hydrazone groups is 1. The van der Waals surface area contributed by atoms with E-state index in [0.717, 1.165) is 41.9 Å². The van der Waals surface area contributed by atoms with E-state index in [0.29, 0.717) is 25.3 Å². The van der Waals surface area contributed by atoms with Crippen LogP contribution in [0.15, 0.2) is 86.6 Å². The zero-order chi connectivity index (χ0) is 27.5. The second-order valence-corrected chi connectivity index (χ2v) is 10.5. The van der Waals surface area contributed by atoms with Crippen molar-refractivity contribution in [3.05, 3.63) is 89.8 Å². The van der Waals surface area contributed by atoms with Crippen LogP contribution in [-0.2, 0) is 25.5 Å². The van der Waals surface area contributed by atoms with Crippen molar-refractivity contribution in [1.82, 2.24) is 9.91 Å². The smallest absolute Gasteiger partial charge is 0.311 e. The van der Waals surface area contributed by atoms with Crippen LogP contribution in [0.4, 0.5) is 0 Å². The molecule has 2 aromatic heterocycles. The first kappa shape index (κ1) is 25.9. The Kier molecular flexibility index (Phi) is 7.35. The van der Waals surface area contributed by atoms with Crippen molar-refractivity contribution in [1.29, 1.82) is 0 Å². The summed E-state index contributed by atoms with van der Waals surface area (Å²) in [5.41, 5.74) is 2.99. The van der Waals surface area contributed by atoms with Crippen LogP contribution in [0, 0.1) is 11.8 Å². The normalized spacial score (nSPS) is 23.4. The van der Waals surface area contributed by atoms with Gasteiger partial charge in [-0.15, -0.1) is 0 Å². The van der Waals surface area contributed by atoms with Gasteiger partial charge in [0.05, 0.1) is 24.2 Å². The lowest BCUT2D eigenvalue weighted by Gasteiger charge is -2.27. The van der Waals surface area contributed by atoms with Crippen LogP contribution >= 0.6 is 0 Å². The fourth-order valence-electron chi connectivity index (χ4n) is 5.86. The average molecular weight is 542 g/mol. The van der Waals surface area contributed by atoms with E-state index in [1.807, 2.05) is 54.6 Å². The quantitative estimate of drug-likeness (QED) is 0.385. The molecule has 2 amide bonds. The Morgan fingerprint density at radius 3 is 2.65 bits per heavy atom. The highest BCUT2D eigenvalue weighted by Gasteiger charge is 2.45. The number of hydrogen-bond acceptors (Lipinski definition) is 7. The minimum Gasteiger partial charge on any atom is -0.467 e. The first-order valence-electron chi connectivity index (χ1n) is 13.7. The van der Waals surface area contributed by atoms with Crippen LogP contribution in [0.1, 0.15) is 48.8 Å². The molecule has 9 nitrogen and oxygen atoms in total. The molecule has 0 bridgehead atoms. The van der Waals surface area contributed by atoms with Crippen molar-refractivity contribution in [3.63, 3.8) is 0 Å². The molecule has 3 atom stereocenters. The Bertz CT molecular complexity index is 1410. The van der Waals surface area contributed by atoms with Gasteiger partial charge in [-0.2, -0.15) is 5.10 Å². The SMILES string of the molecule is O=C(OCC(=O)N1N=C2/C(=C/c3ccco3)CCC[C@H]2[C@H]1c1ccco1)[C@H]1CC(=O)N(CCc2ccccc2)C1. The van der Waals surface area contributed by atoms with Crippen molar-refractivity contribution in [3.8, 4) is 0 Å². The first-order valence-corrected chi connectivity index (χ1v) is 13.7.